The molecule has 10 nitrogen and oxygen atoms in total. The molecule has 0 bridgehead atoms. The van der Waals surface area contributed by atoms with E-state index in [1.54, 1.807) is 54.6 Å². The van der Waals surface area contributed by atoms with E-state index >= 15 is 0 Å². The standard InChI is InChI=1S/C25H25N5O5S2/c1-34-21-13-17(24(31)30-8-10-35-11-9-30)6-7-20(21)27-25-26-14-22-23(28-25)19(15-36-22)16-4-3-5-18(12-16)29-37(2,32)33/h3-7,12-15,29H,8-11H2,1-2H3,(H,26,27,28). The predicted octanol–water partition coefficient (Wildman–Crippen LogP) is 3.95. The molecule has 12 heteroatoms. The van der Waals surface area contributed by atoms with Crippen molar-refractivity contribution in [3.05, 3.63) is 59.6 Å². The van der Waals surface area contributed by atoms with Gasteiger partial charge in [-0.1, -0.05) is 12.1 Å². The first-order valence-electron chi connectivity index (χ1n) is 11.5. The van der Waals surface area contributed by atoms with E-state index in [4.69, 9.17) is 14.5 Å². The monoisotopic (exact) mass is 539 g/mol. The average Bonchev–Trinajstić information content (AvgIpc) is 3.31. The number of morpholine rings is 1. The minimum atomic E-state index is -3.39. The summed E-state index contributed by atoms with van der Waals surface area (Å²) in [5.74, 6) is 0.789. The molecule has 1 aliphatic rings. The van der Waals surface area contributed by atoms with Crippen molar-refractivity contribution in [2.75, 3.05) is 49.7 Å². The lowest BCUT2D eigenvalue weighted by atomic mass is 10.1. The number of fused-ring (bicyclic) bond motifs is 1. The molecule has 37 heavy (non-hydrogen) atoms. The van der Waals surface area contributed by atoms with Crippen LogP contribution in [0.15, 0.2) is 54.0 Å². The summed E-state index contributed by atoms with van der Waals surface area (Å²) in [6.07, 6.45) is 2.85. The molecule has 0 atom stereocenters. The molecule has 3 heterocycles. The van der Waals surface area contributed by atoms with E-state index in [2.05, 4.69) is 15.0 Å². The molecule has 0 spiro atoms. The van der Waals surface area contributed by atoms with E-state index in [1.165, 1.54) is 11.3 Å². The highest BCUT2D eigenvalue weighted by Crippen LogP contribution is 2.35. The van der Waals surface area contributed by atoms with Gasteiger partial charge in [-0.2, -0.15) is 0 Å². The molecule has 1 amide bonds. The zero-order valence-corrected chi connectivity index (χ0v) is 21.9. The number of ether oxygens (including phenoxy) is 2. The van der Waals surface area contributed by atoms with Crippen LogP contribution < -0.4 is 14.8 Å². The van der Waals surface area contributed by atoms with E-state index in [1.807, 2.05) is 11.4 Å². The number of hydrogen-bond donors (Lipinski definition) is 2. The first-order valence-corrected chi connectivity index (χ1v) is 14.2. The van der Waals surface area contributed by atoms with Gasteiger partial charge in [0, 0.05) is 35.3 Å². The van der Waals surface area contributed by atoms with Crippen molar-refractivity contribution in [2.24, 2.45) is 0 Å². The fourth-order valence-electron chi connectivity index (χ4n) is 4.05. The maximum atomic E-state index is 12.9. The van der Waals surface area contributed by atoms with Crippen LogP contribution in [-0.4, -0.2) is 68.9 Å². The molecule has 0 saturated carbocycles. The van der Waals surface area contributed by atoms with Gasteiger partial charge < -0.3 is 19.7 Å². The van der Waals surface area contributed by atoms with Crippen LogP contribution >= 0.6 is 11.3 Å². The molecule has 2 aromatic heterocycles. The van der Waals surface area contributed by atoms with Gasteiger partial charge in [-0.05, 0) is 35.9 Å². The van der Waals surface area contributed by atoms with Gasteiger partial charge in [-0.25, -0.2) is 18.4 Å². The van der Waals surface area contributed by atoms with Gasteiger partial charge in [-0.15, -0.1) is 11.3 Å². The van der Waals surface area contributed by atoms with E-state index in [9.17, 15) is 13.2 Å². The Labute approximate surface area is 218 Å². The van der Waals surface area contributed by atoms with Crippen LogP contribution in [0, 0.1) is 0 Å². The van der Waals surface area contributed by atoms with E-state index in [-0.39, 0.29) is 5.91 Å². The Bertz CT molecular complexity index is 1560. The molecule has 192 valence electrons. The number of anilines is 3. The lowest BCUT2D eigenvalue weighted by molar-refractivity contribution is 0.0302. The lowest BCUT2D eigenvalue weighted by Gasteiger charge is -2.27. The maximum absolute atomic E-state index is 12.9. The molecular formula is C25H25N5O5S2. The van der Waals surface area contributed by atoms with Gasteiger partial charge >= 0.3 is 0 Å². The molecular weight excluding hydrogens is 514 g/mol. The minimum absolute atomic E-state index is 0.0682. The Balaban J connectivity index is 1.42. The summed E-state index contributed by atoms with van der Waals surface area (Å²) in [5.41, 5.74) is 4.05. The highest BCUT2D eigenvalue weighted by molar-refractivity contribution is 7.92. The number of sulfonamides is 1. The Morgan fingerprint density at radius 2 is 1.97 bits per heavy atom. The molecule has 4 aromatic rings. The van der Waals surface area contributed by atoms with Crippen molar-refractivity contribution in [1.29, 1.82) is 0 Å². The van der Waals surface area contributed by atoms with Crippen molar-refractivity contribution < 1.29 is 22.7 Å². The molecule has 2 N–H and O–H groups in total. The zero-order chi connectivity index (χ0) is 26.0. The van der Waals surface area contributed by atoms with Gasteiger partial charge in [0.25, 0.3) is 5.91 Å². The van der Waals surface area contributed by atoms with Crippen molar-refractivity contribution in [3.63, 3.8) is 0 Å². The van der Waals surface area contributed by atoms with Gasteiger partial charge in [0.2, 0.25) is 16.0 Å². The van der Waals surface area contributed by atoms with E-state index in [0.717, 1.165) is 27.6 Å². The van der Waals surface area contributed by atoms with Gasteiger partial charge in [0.05, 0.1) is 48.7 Å². The van der Waals surface area contributed by atoms with Crippen LogP contribution in [0.3, 0.4) is 0 Å². The Morgan fingerprint density at radius 1 is 1.16 bits per heavy atom. The molecule has 1 saturated heterocycles. The second kappa shape index (κ2) is 10.3. The summed E-state index contributed by atoms with van der Waals surface area (Å²) in [6, 6.07) is 12.4. The van der Waals surface area contributed by atoms with Crippen molar-refractivity contribution in [2.45, 2.75) is 0 Å². The minimum Gasteiger partial charge on any atom is -0.495 e. The van der Waals surface area contributed by atoms with Crippen molar-refractivity contribution in [1.82, 2.24) is 14.9 Å². The second-order valence-electron chi connectivity index (χ2n) is 8.46. The number of carbonyl (C=O) groups is 1. The van der Waals surface area contributed by atoms with Crippen LogP contribution in [-0.2, 0) is 14.8 Å². The number of benzene rings is 2. The Kier molecular flexibility index (Phi) is 6.96. The summed E-state index contributed by atoms with van der Waals surface area (Å²) in [4.78, 5) is 23.8. The quantitative estimate of drug-likeness (QED) is 0.362. The summed E-state index contributed by atoms with van der Waals surface area (Å²) in [6.45, 7) is 2.19. The zero-order valence-electron chi connectivity index (χ0n) is 20.2. The molecule has 0 unspecified atom stereocenters. The average molecular weight is 540 g/mol. The number of amides is 1. The fraction of sp³-hybridized carbons (Fsp3) is 0.240. The van der Waals surface area contributed by atoms with Gasteiger partial charge in [-0.3, -0.25) is 9.52 Å². The summed E-state index contributed by atoms with van der Waals surface area (Å²) >= 11 is 1.50. The normalized spacial score (nSPS) is 13.9. The second-order valence-corrected chi connectivity index (χ2v) is 11.1. The SMILES string of the molecule is COc1cc(C(=O)N2CCOCC2)ccc1Nc1ncc2scc(-c3cccc(NS(C)(=O)=O)c3)c2n1. The van der Waals surface area contributed by atoms with Gasteiger partial charge in [0.1, 0.15) is 5.75 Å². The number of nitrogens with one attached hydrogen (secondary N) is 2. The smallest absolute Gasteiger partial charge is 0.254 e. The first-order chi connectivity index (χ1) is 17.8. The topological polar surface area (TPSA) is 123 Å². The van der Waals surface area contributed by atoms with Crippen LogP contribution in [0.5, 0.6) is 5.75 Å². The highest BCUT2D eigenvalue weighted by Gasteiger charge is 2.20. The number of rotatable bonds is 7. The van der Waals surface area contributed by atoms with Crippen LogP contribution in [0.1, 0.15) is 10.4 Å². The third-order valence-corrected chi connectivity index (χ3v) is 7.30. The molecule has 2 aromatic carbocycles. The number of aromatic nitrogens is 2. The first kappa shape index (κ1) is 24.9. The molecule has 5 rings (SSSR count). The van der Waals surface area contributed by atoms with Crippen molar-refractivity contribution in [3.8, 4) is 16.9 Å². The van der Waals surface area contributed by atoms with Crippen LogP contribution in [0.4, 0.5) is 17.3 Å². The van der Waals surface area contributed by atoms with Crippen LogP contribution in [0.25, 0.3) is 21.3 Å². The number of nitrogens with zero attached hydrogens (tertiary/aromatic N) is 3. The van der Waals surface area contributed by atoms with E-state index < -0.39 is 10.0 Å². The van der Waals surface area contributed by atoms with Gasteiger partial charge in [0.15, 0.2) is 0 Å². The number of carbonyl (C=O) groups excluding carboxylic acids is 1. The Morgan fingerprint density at radius 3 is 2.73 bits per heavy atom. The summed E-state index contributed by atoms with van der Waals surface area (Å²) in [5, 5.41) is 5.16. The Hall–Kier alpha value is -3.74. The number of methoxy groups -OCH3 is 1. The van der Waals surface area contributed by atoms with Crippen molar-refractivity contribution >= 4 is 54.8 Å². The van der Waals surface area contributed by atoms with E-state index in [0.29, 0.717) is 54.9 Å². The third kappa shape index (κ3) is 5.66. The number of hydrogen-bond acceptors (Lipinski definition) is 9. The third-order valence-electron chi connectivity index (χ3n) is 5.78. The summed E-state index contributed by atoms with van der Waals surface area (Å²) in [7, 11) is -1.85. The summed E-state index contributed by atoms with van der Waals surface area (Å²) < 4.78 is 37.6. The molecule has 1 aliphatic heterocycles. The molecule has 0 aliphatic carbocycles. The predicted molar refractivity (Wildman–Crippen MR) is 144 cm³/mol. The largest absolute Gasteiger partial charge is 0.495 e. The van der Waals surface area contributed by atoms with Crippen LogP contribution in [0.2, 0.25) is 0 Å². The highest BCUT2D eigenvalue weighted by atomic mass is 32.2. The fourth-order valence-corrected chi connectivity index (χ4v) is 5.48. The molecule has 0 radical (unpaired) electrons. The lowest BCUT2D eigenvalue weighted by Crippen LogP contribution is -2.40. The molecule has 1 fully saturated rings. The number of thiophene rings is 1. The maximum Gasteiger partial charge on any atom is 0.254 e.